The fourth-order valence-electron chi connectivity index (χ4n) is 0. The molecule has 0 aliphatic heterocycles. The standard InChI is InChI=1S/C4H6.C2H5N.5C2H6/c1-3-4-2;1-3-2;5*1-2/h3-4H,1-2H2;1H2,2H3;5*1-2H3. The minimum atomic E-state index is 1.64. The molecule has 0 heterocycles. The van der Waals surface area contributed by atoms with Crippen LogP contribution in [0.2, 0.25) is 0 Å². The molecule has 0 aromatic heterocycles. The number of hydrogen-bond acceptors (Lipinski definition) is 1. The molecule has 0 aromatic rings. The Morgan fingerprint density at radius 2 is 0.647 bits per heavy atom. The molecular formula is C16H41N. The third-order valence-electron chi connectivity index (χ3n) is 0.167. The second-order valence-corrected chi connectivity index (χ2v) is 0.788. The Kier molecular flexibility index (Phi) is 1710. The Morgan fingerprint density at radius 1 is 0.588 bits per heavy atom. The molecule has 0 atom stereocenters. The fraction of sp³-hybridized carbons (Fsp3) is 0.688. The van der Waals surface area contributed by atoms with Gasteiger partial charge in [0, 0.05) is 7.05 Å². The van der Waals surface area contributed by atoms with E-state index in [0.29, 0.717) is 0 Å². The third-order valence-corrected chi connectivity index (χ3v) is 0.167. The molecule has 0 spiro atoms. The van der Waals surface area contributed by atoms with E-state index in [4.69, 9.17) is 0 Å². The molecule has 17 heavy (non-hydrogen) atoms. The number of rotatable bonds is 1. The van der Waals surface area contributed by atoms with E-state index in [1.807, 2.05) is 69.2 Å². The molecule has 0 rings (SSSR count). The van der Waals surface area contributed by atoms with Crippen LogP contribution in [0.1, 0.15) is 69.2 Å². The summed E-state index contributed by atoms with van der Waals surface area (Å²) in [6.07, 6.45) is 3.28. The van der Waals surface area contributed by atoms with E-state index in [1.165, 1.54) is 0 Å². The van der Waals surface area contributed by atoms with Crippen LogP contribution in [0.4, 0.5) is 0 Å². The van der Waals surface area contributed by atoms with Gasteiger partial charge < -0.3 is 4.99 Å². The SMILES string of the molecule is C=CC=C.C=NC.CC.CC.CC.CC.CC. The van der Waals surface area contributed by atoms with Crippen LogP contribution in [0.5, 0.6) is 0 Å². The van der Waals surface area contributed by atoms with Crippen LogP contribution in [0.25, 0.3) is 0 Å². The predicted molar refractivity (Wildman–Crippen MR) is 92.6 cm³/mol. The first-order chi connectivity index (χ1) is 8.33. The van der Waals surface area contributed by atoms with Crippen molar-refractivity contribution in [3.05, 3.63) is 25.3 Å². The lowest BCUT2D eigenvalue weighted by Crippen LogP contribution is -1.26. The molecule has 0 N–H and O–H groups in total. The van der Waals surface area contributed by atoms with Crippen LogP contribution in [0.15, 0.2) is 30.3 Å². The van der Waals surface area contributed by atoms with E-state index in [0.717, 1.165) is 0 Å². The van der Waals surface area contributed by atoms with E-state index < -0.39 is 0 Å². The first-order valence-electron chi connectivity index (χ1n) is 6.91. The maximum atomic E-state index is 3.36. The van der Waals surface area contributed by atoms with E-state index in [2.05, 4.69) is 24.9 Å². The van der Waals surface area contributed by atoms with Crippen LogP contribution in [-0.2, 0) is 0 Å². The van der Waals surface area contributed by atoms with Gasteiger partial charge in [0.1, 0.15) is 0 Å². The fourth-order valence-corrected chi connectivity index (χ4v) is 0. The molecule has 0 fully saturated rings. The molecule has 0 aliphatic carbocycles. The number of hydrogen-bond donors (Lipinski definition) is 0. The summed E-state index contributed by atoms with van der Waals surface area (Å²) < 4.78 is 0. The van der Waals surface area contributed by atoms with Crippen molar-refractivity contribution in [3.63, 3.8) is 0 Å². The maximum absolute atomic E-state index is 3.36. The van der Waals surface area contributed by atoms with Gasteiger partial charge in [0.05, 0.1) is 0 Å². The Hall–Kier alpha value is -0.850. The van der Waals surface area contributed by atoms with Crippen molar-refractivity contribution in [2.45, 2.75) is 69.2 Å². The highest BCUT2D eigenvalue weighted by atomic mass is 14.6. The van der Waals surface area contributed by atoms with E-state index in [1.54, 1.807) is 19.2 Å². The Balaban J connectivity index is -0.0000000141. The average Bonchev–Trinajstić information content (AvgIpc) is 2.50. The zero-order valence-electron chi connectivity index (χ0n) is 14.7. The number of nitrogens with zero attached hydrogens (tertiary/aromatic N) is 1. The molecule has 0 unspecified atom stereocenters. The van der Waals surface area contributed by atoms with Crippen molar-refractivity contribution < 1.29 is 0 Å². The van der Waals surface area contributed by atoms with E-state index in [-0.39, 0.29) is 0 Å². The minimum Gasteiger partial charge on any atom is -0.304 e. The van der Waals surface area contributed by atoms with Gasteiger partial charge in [-0.15, -0.1) is 0 Å². The molecule has 0 saturated heterocycles. The smallest absolute Gasteiger partial charge is 0.0269 e. The van der Waals surface area contributed by atoms with Gasteiger partial charge in [-0.2, -0.15) is 0 Å². The van der Waals surface area contributed by atoms with Crippen LogP contribution in [0.3, 0.4) is 0 Å². The van der Waals surface area contributed by atoms with Gasteiger partial charge in [-0.05, 0) is 6.72 Å². The summed E-state index contributed by atoms with van der Waals surface area (Å²) in [6.45, 7) is 29.8. The molecule has 1 nitrogen and oxygen atoms in total. The van der Waals surface area contributed by atoms with E-state index >= 15 is 0 Å². The second-order valence-electron chi connectivity index (χ2n) is 0.788. The van der Waals surface area contributed by atoms with Gasteiger partial charge in [-0.1, -0.05) is 94.5 Å². The molecule has 110 valence electrons. The largest absolute Gasteiger partial charge is 0.304 e. The summed E-state index contributed by atoms with van der Waals surface area (Å²) in [4.78, 5) is 3.25. The van der Waals surface area contributed by atoms with Gasteiger partial charge in [0.25, 0.3) is 0 Å². The molecular weight excluding hydrogens is 206 g/mol. The molecule has 0 aliphatic rings. The Labute approximate surface area is 114 Å². The lowest BCUT2D eigenvalue weighted by molar-refractivity contribution is 1.49. The molecule has 0 amide bonds. The quantitative estimate of drug-likeness (QED) is 0.356. The Bertz CT molecular complexity index is 50.5. The summed E-state index contributed by atoms with van der Waals surface area (Å²) in [5.74, 6) is 0. The average molecular weight is 248 g/mol. The topological polar surface area (TPSA) is 12.4 Å². The molecule has 0 radical (unpaired) electrons. The van der Waals surface area contributed by atoms with Crippen molar-refractivity contribution in [2.24, 2.45) is 4.99 Å². The molecule has 1 heteroatoms. The second kappa shape index (κ2) is 656. The maximum Gasteiger partial charge on any atom is 0.0269 e. The third kappa shape index (κ3) is 116000. The first-order valence-corrected chi connectivity index (χ1v) is 6.91. The van der Waals surface area contributed by atoms with Gasteiger partial charge in [-0.3, -0.25) is 0 Å². The summed E-state index contributed by atoms with van der Waals surface area (Å²) in [6, 6.07) is 0. The number of allylic oxidation sites excluding steroid dienone is 2. The monoisotopic (exact) mass is 247 g/mol. The van der Waals surface area contributed by atoms with Gasteiger partial charge in [0.2, 0.25) is 0 Å². The van der Waals surface area contributed by atoms with Crippen LogP contribution >= 0.6 is 0 Å². The van der Waals surface area contributed by atoms with Gasteiger partial charge >= 0.3 is 0 Å². The number of aliphatic imine (C=N–C) groups is 1. The summed E-state index contributed by atoms with van der Waals surface area (Å²) in [5, 5.41) is 0. The molecule has 0 bridgehead atoms. The van der Waals surface area contributed by atoms with Crippen LogP contribution < -0.4 is 0 Å². The van der Waals surface area contributed by atoms with E-state index in [9.17, 15) is 0 Å². The van der Waals surface area contributed by atoms with Crippen LogP contribution in [0, 0.1) is 0 Å². The highest BCUT2D eigenvalue weighted by molar-refractivity contribution is 5.22. The first kappa shape index (κ1) is 44.3. The van der Waals surface area contributed by atoms with Crippen molar-refractivity contribution >= 4 is 6.72 Å². The van der Waals surface area contributed by atoms with Crippen molar-refractivity contribution in [3.8, 4) is 0 Å². The predicted octanol–water partition coefficient (Wildman–Crippen LogP) is 6.81. The van der Waals surface area contributed by atoms with Crippen LogP contribution in [-0.4, -0.2) is 13.8 Å². The molecule has 0 saturated carbocycles. The summed E-state index contributed by atoms with van der Waals surface area (Å²) >= 11 is 0. The zero-order valence-corrected chi connectivity index (χ0v) is 14.7. The summed E-state index contributed by atoms with van der Waals surface area (Å²) in [7, 11) is 1.64. The lowest BCUT2D eigenvalue weighted by Gasteiger charge is -1.44. The van der Waals surface area contributed by atoms with Crippen molar-refractivity contribution in [1.29, 1.82) is 0 Å². The lowest BCUT2D eigenvalue weighted by atomic mass is 10.6. The molecule has 0 aromatic carbocycles. The highest BCUT2D eigenvalue weighted by Gasteiger charge is 1.29. The normalized spacial score (nSPS) is 3.71. The highest BCUT2D eigenvalue weighted by Crippen LogP contribution is 1.52. The summed E-state index contributed by atoms with van der Waals surface area (Å²) in [5.41, 5.74) is 0. The van der Waals surface area contributed by atoms with Gasteiger partial charge in [-0.25, -0.2) is 0 Å². The zero-order chi connectivity index (χ0) is 16.1. The van der Waals surface area contributed by atoms with Crippen molar-refractivity contribution in [1.82, 2.24) is 0 Å². The van der Waals surface area contributed by atoms with Gasteiger partial charge in [0.15, 0.2) is 0 Å². The van der Waals surface area contributed by atoms with Crippen molar-refractivity contribution in [2.75, 3.05) is 7.05 Å². The Morgan fingerprint density at radius 3 is 0.647 bits per heavy atom. The minimum absolute atomic E-state index is 1.64.